The molecule has 0 amide bonds. The van der Waals surface area contributed by atoms with E-state index >= 15 is 0 Å². The van der Waals surface area contributed by atoms with E-state index in [9.17, 15) is 10.2 Å². The van der Waals surface area contributed by atoms with E-state index in [1.165, 1.54) is 51.9 Å². The monoisotopic (exact) mass is 406 g/mol. The van der Waals surface area contributed by atoms with Gasteiger partial charge in [0, 0.05) is 11.1 Å². The van der Waals surface area contributed by atoms with Crippen molar-refractivity contribution in [2.75, 3.05) is 14.2 Å². The van der Waals surface area contributed by atoms with Gasteiger partial charge in [-0.1, -0.05) is 51.7 Å². The first-order chi connectivity index (χ1) is 13.8. The number of ether oxygens (including phenoxy) is 2. The van der Waals surface area contributed by atoms with Crippen LogP contribution >= 0.6 is 0 Å². The fourth-order valence-corrected chi connectivity index (χ4v) is 3.78. The maximum absolute atomic E-state index is 10.6. The standard InChI is InChI=1S/C25H42O4/c1-8-17(2)11-9-12-18(3)13-10-14-19(4)15-16-21-20(5)22(26)24(28-6)25(29-7)23(21)27/h11,18-19,26-27H,8-10,12-16H2,1-7H3/b17-11-. The molecule has 166 valence electrons. The van der Waals surface area contributed by atoms with Crippen LogP contribution in [0.25, 0.3) is 0 Å². The molecular weight excluding hydrogens is 364 g/mol. The lowest BCUT2D eigenvalue weighted by atomic mass is 9.91. The van der Waals surface area contributed by atoms with Gasteiger partial charge in [0.25, 0.3) is 0 Å². The van der Waals surface area contributed by atoms with Crippen molar-refractivity contribution in [2.24, 2.45) is 11.8 Å². The molecule has 2 atom stereocenters. The van der Waals surface area contributed by atoms with Gasteiger partial charge in [-0.25, -0.2) is 0 Å². The Balaban J connectivity index is 2.53. The molecule has 0 spiro atoms. The van der Waals surface area contributed by atoms with E-state index in [2.05, 4.69) is 33.8 Å². The Hall–Kier alpha value is -1.84. The molecule has 0 bridgehead atoms. The first kappa shape index (κ1) is 25.2. The Morgan fingerprint density at radius 2 is 1.48 bits per heavy atom. The summed E-state index contributed by atoms with van der Waals surface area (Å²) in [6.07, 6.45) is 11.4. The van der Waals surface area contributed by atoms with Gasteiger partial charge in [0.05, 0.1) is 14.2 Å². The minimum atomic E-state index is 0.0472. The second kappa shape index (κ2) is 12.7. The third kappa shape index (κ3) is 7.49. The van der Waals surface area contributed by atoms with Gasteiger partial charge in [0.15, 0.2) is 11.5 Å². The lowest BCUT2D eigenvalue weighted by Crippen LogP contribution is -2.03. The lowest BCUT2D eigenvalue weighted by Gasteiger charge is -2.19. The van der Waals surface area contributed by atoms with Gasteiger partial charge in [-0.2, -0.15) is 0 Å². The van der Waals surface area contributed by atoms with Crippen LogP contribution in [0.2, 0.25) is 0 Å². The van der Waals surface area contributed by atoms with Crippen molar-refractivity contribution in [1.29, 1.82) is 0 Å². The highest BCUT2D eigenvalue weighted by molar-refractivity contribution is 5.65. The van der Waals surface area contributed by atoms with E-state index in [1.54, 1.807) is 0 Å². The Morgan fingerprint density at radius 3 is 2.03 bits per heavy atom. The van der Waals surface area contributed by atoms with Gasteiger partial charge in [-0.05, 0) is 57.8 Å². The van der Waals surface area contributed by atoms with Crippen LogP contribution < -0.4 is 9.47 Å². The third-order valence-corrected chi connectivity index (χ3v) is 6.13. The average Bonchev–Trinajstić information content (AvgIpc) is 2.70. The van der Waals surface area contributed by atoms with Crippen LogP contribution in [0.5, 0.6) is 23.0 Å². The Kier molecular flexibility index (Phi) is 11.0. The van der Waals surface area contributed by atoms with E-state index in [4.69, 9.17) is 9.47 Å². The Bertz CT molecular complexity index is 664. The molecule has 0 saturated heterocycles. The molecule has 1 rings (SSSR count). The summed E-state index contributed by atoms with van der Waals surface area (Å²) in [4.78, 5) is 0. The molecule has 4 heteroatoms. The van der Waals surface area contributed by atoms with E-state index < -0.39 is 0 Å². The topological polar surface area (TPSA) is 58.9 Å². The molecule has 2 N–H and O–H groups in total. The van der Waals surface area contributed by atoms with Crippen molar-refractivity contribution in [3.8, 4) is 23.0 Å². The predicted molar refractivity (Wildman–Crippen MR) is 121 cm³/mol. The van der Waals surface area contributed by atoms with Gasteiger partial charge < -0.3 is 19.7 Å². The van der Waals surface area contributed by atoms with Crippen molar-refractivity contribution >= 4 is 0 Å². The Morgan fingerprint density at radius 1 is 0.931 bits per heavy atom. The second-order valence-electron chi connectivity index (χ2n) is 8.53. The Labute approximate surface area is 177 Å². The smallest absolute Gasteiger partial charge is 0.207 e. The first-order valence-corrected chi connectivity index (χ1v) is 11.1. The molecule has 0 aromatic heterocycles. The van der Waals surface area contributed by atoms with Gasteiger partial charge >= 0.3 is 0 Å². The SMILES string of the molecule is CC/C(C)=C\CCC(C)CCCC(C)CCc1c(C)c(O)c(OC)c(OC)c1O. The number of hydrogen-bond donors (Lipinski definition) is 2. The zero-order valence-electron chi connectivity index (χ0n) is 19.6. The molecule has 0 aliphatic carbocycles. The maximum Gasteiger partial charge on any atom is 0.207 e. The van der Waals surface area contributed by atoms with Crippen molar-refractivity contribution < 1.29 is 19.7 Å². The maximum atomic E-state index is 10.6. The summed E-state index contributed by atoms with van der Waals surface area (Å²) in [6, 6.07) is 0. The number of phenolic OH excluding ortho intramolecular Hbond substituents is 2. The van der Waals surface area contributed by atoms with Crippen molar-refractivity contribution in [2.45, 2.75) is 86.0 Å². The van der Waals surface area contributed by atoms with Crippen LogP contribution in [0.1, 0.15) is 83.8 Å². The quantitative estimate of drug-likeness (QED) is 0.275. The van der Waals surface area contributed by atoms with E-state index in [1.807, 2.05) is 6.92 Å². The summed E-state index contributed by atoms with van der Waals surface area (Å²) in [7, 11) is 2.93. The van der Waals surface area contributed by atoms with Crippen molar-refractivity contribution in [3.05, 3.63) is 22.8 Å². The fourth-order valence-electron chi connectivity index (χ4n) is 3.78. The molecule has 0 aliphatic rings. The predicted octanol–water partition coefficient (Wildman–Crippen LogP) is 6.94. The first-order valence-electron chi connectivity index (χ1n) is 11.1. The number of phenols is 2. The third-order valence-electron chi connectivity index (χ3n) is 6.13. The largest absolute Gasteiger partial charge is 0.504 e. The van der Waals surface area contributed by atoms with Gasteiger partial charge in [0.2, 0.25) is 11.5 Å². The van der Waals surface area contributed by atoms with Crippen molar-refractivity contribution in [1.82, 2.24) is 0 Å². The summed E-state index contributed by atoms with van der Waals surface area (Å²) in [5, 5.41) is 21.0. The van der Waals surface area contributed by atoms with Crippen LogP contribution in [0.4, 0.5) is 0 Å². The summed E-state index contributed by atoms with van der Waals surface area (Å²) < 4.78 is 10.5. The second-order valence-corrected chi connectivity index (χ2v) is 8.53. The minimum Gasteiger partial charge on any atom is -0.504 e. The minimum absolute atomic E-state index is 0.0472. The number of rotatable bonds is 13. The highest BCUT2D eigenvalue weighted by atomic mass is 16.5. The van der Waals surface area contributed by atoms with Crippen LogP contribution in [-0.2, 0) is 6.42 Å². The molecule has 0 heterocycles. The summed E-state index contributed by atoms with van der Waals surface area (Å²) in [5.41, 5.74) is 2.90. The zero-order chi connectivity index (χ0) is 22.0. The number of benzene rings is 1. The van der Waals surface area contributed by atoms with Gasteiger partial charge in [-0.15, -0.1) is 0 Å². The summed E-state index contributed by atoms with van der Waals surface area (Å²) >= 11 is 0. The summed E-state index contributed by atoms with van der Waals surface area (Å²) in [6.45, 7) is 10.9. The lowest BCUT2D eigenvalue weighted by molar-refractivity contribution is 0.313. The van der Waals surface area contributed by atoms with E-state index in [0.29, 0.717) is 17.9 Å². The molecule has 0 saturated carbocycles. The molecule has 0 aliphatic heterocycles. The molecule has 4 nitrogen and oxygen atoms in total. The molecular formula is C25H42O4. The number of aromatic hydroxyl groups is 2. The van der Waals surface area contributed by atoms with Crippen LogP contribution in [0.15, 0.2) is 11.6 Å². The van der Waals surface area contributed by atoms with E-state index in [-0.39, 0.29) is 23.0 Å². The highest BCUT2D eigenvalue weighted by Crippen LogP contribution is 2.48. The molecule has 1 aromatic rings. The molecule has 1 aromatic carbocycles. The fraction of sp³-hybridized carbons (Fsp3) is 0.680. The van der Waals surface area contributed by atoms with Crippen LogP contribution in [0.3, 0.4) is 0 Å². The van der Waals surface area contributed by atoms with Crippen molar-refractivity contribution in [3.63, 3.8) is 0 Å². The number of methoxy groups -OCH3 is 2. The van der Waals surface area contributed by atoms with Gasteiger partial charge in [-0.3, -0.25) is 0 Å². The average molecular weight is 407 g/mol. The highest BCUT2D eigenvalue weighted by Gasteiger charge is 2.23. The number of allylic oxidation sites excluding steroid dienone is 2. The van der Waals surface area contributed by atoms with Crippen LogP contribution in [-0.4, -0.2) is 24.4 Å². The molecule has 0 fully saturated rings. The molecule has 0 radical (unpaired) electrons. The summed E-state index contributed by atoms with van der Waals surface area (Å²) in [5.74, 6) is 1.86. The molecule has 2 unspecified atom stereocenters. The van der Waals surface area contributed by atoms with E-state index in [0.717, 1.165) is 24.3 Å². The number of hydrogen-bond acceptors (Lipinski definition) is 4. The normalized spacial score (nSPS) is 14.0. The van der Waals surface area contributed by atoms with Crippen LogP contribution in [0, 0.1) is 18.8 Å². The van der Waals surface area contributed by atoms with Gasteiger partial charge in [0.1, 0.15) is 0 Å². The molecule has 29 heavy (non-hydrogen) atoms. The zero-order valence-corrected chi connectivity index (χ0v) is 19.6.